The van der Waals surface area contributed by atoms with Crippen LogP contribution in [0, 0.1) is 0 Å². The molecule has 0 heterocycles. The van der Waals surface area contributed by atoms with Gasteiger partial charge in [-0.25, -0.2) is 0 Å². The monoisotopic (exact) mass is 407 g/mol. The van der Waals surface area contributed by atoms with Crippen LogP contribution >= 0.6 is 24.0 Å². The summed E-state index contributed by atoms with van der Waals surface area (Å²) in [6, 6.07) is 8.26. The molecule has 0 aliphatic heterocycles. The predicted molar refractivity (Wildman–Crippen MR) is 97.3 cm³/mol. The van der Waals surface area contributed by atoms with Gasteiger partial charge in [0.05, 0.1) is 13.2 Å². The second-order valence-corrected chi connectivity index (χ2v) is 4.25. The van der Waals surface area contributed by atoms with Gasteiger partial charge in [-0.05, 0) is 18.1 Å². The van der Waals surface area contributed by atoms with E-state index in [9.17, 15) is 0 Å². The van der Waals surface area contributed by atoms with Gasteiger partial charge in [0.15, 0.2) is 5.96 Å². The highest BCUT2D eigenvalue weighted by molar-refractivity contribution is 14.0. The van der Waals surface area contributed by atoms with E-state index in [1.165, 1.54) is 11.1 Å². The van der Waals surface area contributed by atoms with Crippen molar-refractivity contribution in [2.24, 2.45) is 4.99 Å². The number of methoxy groups -OCH3 is 1. The molecular weight excluding hydrogens is 381 g/mol. The first kappa shape index (κ1) is 20.1. The number of nitrogens with one attached hydrogen (secondary N) is 2. The van der Waals surface area contributed by atoms with Gasteiger partial charge in [-0.1, -0.05) is 24.3 Å². The molecule has 0 spiro atoms. The average molecular weight is 407 g/mol. The zero-order chi connectivity index (χ0) is 14.6. The van der Waals surface area contributed by atoms with Gasteiger partial charge in [-0.15, -0.1) is 24.0 Å². The van der Waals surface area contributed by atoms with Crippen LogP contribution in [-0.2, 0) is 22.6 Å². The first-order chi connectivity index (χ1) is 9.81. The Bertz CT molecular complexity index is 414. The molecule has 21 heavy (non-hydrogen) atoms. The molecular formula is C15H26IN3O2. The standard InChI is InChI=1S/C15H25N3O2.HI/c1-4-20-12-14-8-6-5-7-13(14)11-18-15(16-2)17-9-10-19-3;/h5-8H,4,9-12H2,1-3H3,(H2,16,17,18);1H. The molecule has 0 bridgehead atoms. The first-order valence-electron chi connectivity index (χ1n) is 6.89. The fourth-order valence-electron chi connectivity index (χ4n) is 1.75. The molecule has 0 atom stereocenters. The topological polar surface area (TPSA) is 54.9 Å². The van der Waals surface area contributed by atoms with Gasteiger partial charge in [-0.2, -0.15) is 0 Å². The molecule has 1 rings (SSSR count). The summed E-state index contributed by atoms with van der Waals surface area (Å²) < 4.78 is 10.5. The van der Waals surface area contributed by atoms with E-state index in [0.717, 1.165) is 25.7 Å². The molecule has 2 N–H and O–H groups in total. The maximum absolute atomic E-state index is 5.48. The molecule has 5 nitrogen and oxygen atoms in total. The van der Waals surface area contributed by atoms with Crippen LogP contribution in [-0.4, -0.2) is 39.9 Å². The van der Waals surface area contributed by atoms with Crippen molar-refractivity contribution in [2.45, 2.75) is 20.1 Å². The predicted octanol–water partition coefficient (Wildman–Crippen LogP) is 2.15. The van der Waals surface area contributed by atoms with Crippen LogP contribution in [0.1, 0.15) is 18.1 Å². The van der Waals surface area contributed by atoms with Crippen LogP contribution in [0.25, 0.3) is 0 Å². The van der Waals surface area contributed by atoms with Crippen LogP contribution in [0.2, 0.25) is 0 Å². The summed E-state index contributed by atoms with van der Waals surface area (Å²) in [4.78, 5) is 4.17. The minimum atomic E-state index is 0. The molecule has 0 amide bonds. The zero-order valence-corrected chi connectivity index (χ0v) is 15.3. The lowest BCUT2D eigenvalue weighted by Gasteiger charge is -2.14. The number of benzene rings is 1. The second kappa shape index (κ2) is 12.8. The van der Waals surface area contributed by atoms with Crippen molar-refractivity contribution in [3.8, 4) is 0 Å². The summed E-state index contributed by atoms with van der Waals surface area (Å²) in [6.07, 6.45) is 0. The van der Waals surface area contributed by atoms with E-state index in [4.69, 9.17) is 9.47 Å². The van der Waals surface area contributed by atoms with Crippen molar-refractivity contribution in [1.29, 1.82) is 0 Å². The summed E-state index contributed by atoms with van der Waals surface area (Å²) in [7, 11) is 3.44. The maximum Gasteiger partial charge on any atom is 0.191 e. The smallest absolute Gasteiger partial charge is 0.191 e. The van der Waals surface area contributed by atoms with Crippen molar-refractivity contribution in [1.82, 2.24) is 10.6 Å². The number of rotatable bonds is 8. The molecule has 0 unspecified atom stereocenters. The third-order valence-corrected chi connectivity index (χ3v) is 2.85. The Morgan fingerprint density at radius 2 is 1.90 bits per heavy atom. The molecule has 0 saturated carbocycles. The van der Waals surface area contributed by atoms with E-state index < -0.39 is 0 Å². The number of ether oxygens (including phenoxy) is 2. The highest BCUT2D eigenvalue weighted by Crippen LogP contribution is 2.09. The largest absolute Gasteiger partial charge is 0.383 e. The van der Waals surface area contributed by atoms with E-state index in [-0.39, 0.29) is 24.0 Å². The molecule has 0 aromatic heterocycles. The number of aliphatic imine (C=N–C) groups is 1. The van der Waals surface area contributed by atoms with Gasteiger partial charge in [0.1, 0.15) is 0 Å². The Labute approximate surface area is 144 Å². The van der Waals surface area contributed by atoms with Crippen molar-refractivity contribution < 1.29 is 9.47 Å². The third-order valence-electron chi connectivity index (χ3n) is 2.85. The molecule has 120 valence electrons. The van der Waals surface area contributed by atoms with Crippen LogP contribution in [0.3, 0.4) is 0 Å². The lowest BCUT2D eigenvalue weighted by molar-refractivity contribution is 0.133. The minimum absolute atomic E-state index is 0. The van der Waals surface area contributed by atoms with Crippen molar-refractivity contribution in [3.63, 3.8) is 0 Å². The van der Waals surface area contributed by atoms with E-state index in [1.54, 1.807) is 14.2 Å². The summed E-state index contributed by atoms with van der Waals surface area (Å²) in [5.74, 6) is 0.772. The summed E-state index contributed by atoms with van der Waals surface area (Å²) in [5.41, 5.74) is 2.42. The average Bonchev–Trinajstić information content (AvgIpc) is 2.49. The molecule has 6 heteroatoms. The Kier molecular flexibility index (Phi) is 12.3. The van der Waals surface area contributed by atoms with Crippen molar-refractivity contribution >= 4 is 29.9 Å². The van der Waals surface area contributed by atoms with Crippen molar-refractivity contribution in [2.75, 3.05) is 33.9 Å². The first-order valence-corrected chi connectivity index (χ1v) is 6.89. The van der Waals surface area contributed by atoms with Crippen LogP contribution in [0.5, 0.6) is 0 Å². The number of nitrogens with zero attached hydrogens (tertiary/aromatic N) is 1. The number of halogens is 1. The van der Waals surface area contributed by atoms with E-state index in [0.29, 0.717) is 13.2 Å². The van der Waals surface area contributed by atoms with Gasteiger partial charge < -0.3 is 20.1 Å². The lowest BCUT2D eigenvalue weighted by Crippen LogP contribution is -2.38. The molecule has 1 aromatic carbocycles. The van der Waals surface area contributed by atoms with Crippen LogP contribution < -0.4 is 10.6 Å². The number of hydrogen-bond acceptors (Lipinski definition) is 3. The fraction of sp³-hybridized carbons (Fsp3) is 0.533. The van der Waals surface area contributed by atoms with E-state index >= 15 is 0 Å². The fourth-order valence-corrected chi connectivity index (χ4v) is 1.75. The highest BCUT2D eigenvalue weighted by atomic mass is 127. The molecule has 0 fully saturated rings. The minimum Gasteiger partial charge on any atom is -0.383 e. The third kappa shape index (κ3) is 8.23. The Morgan fingerprint density at radius 3 is 2.52 bits per heavy atom. The quantitative estimate of drug-likeness (QED) is 0.300. The molecule has 0 aliphatic rings. The van der Waals surface area contributed by atoms with Gasteiger partial charge in [-0.3, -0.25) is 4.99 Å². The lowest BCUT2D eigenvalue weighted by atomic mass is 10.1. The second-order valence-electron chi connectivity index (χ2n) is 4.25. The number of guanidine groups is 1. The zero-order valence-electron chi connectivity index (χ0n) is 13.0. The Hall–Kier alpha value is -0.860. The number of hydrogen-bond donors (Lipinski definition) is 2. The summed E-state index contributed by atoms with van der Waals surface area (Å²) in [5, 5.41) is 6.48. The molecule has 0 saturated heterocycles. The molecule has 1 aromatic rings. The van der Waals surface area contributed by atoms with Gasteiger partial charge in [0.25, 0.3) is 0 Å². The summed E-state index contributed by atoms with van der Waals surface area (Å²) >= 11 is 0. The highest BCUT2D eigenvalue weighted by Gasteiger charge is 2.03. The van der Waals surface area contributed by atoms with Crippen molar-refractivity contribution in [3.05, 3.63) is 35.4 Å². The van der Waals surface area contributed by atoms with Gasteiger partial charge in [0, 0.05) is 33.9 Å². The SMILES string of the molecule is CCOCc1ccccc1CNC(=NC)NCCOC.I. The molecule has 0 aliphatic carbocycles. The van der Waals surface area contributed by atoms with E-state index in [2.05, 4.69) is 27.8 Å². The Morgan fingerprint density at radius 1 is 1.19 bits per heavy atom. The van der Waals surface area contributed by atoms with E-state index in [1.807, 2.05) is 19.1 Å². The summed E-state index contributed by atoms with van der Waals surface area (Å²) in [6.45, 7) is 5.47. The van der Waals surface area contributed by atoms with Crippen LogP contribution in [0.4, 0.5) is 0 Å². The normalized spacial score (nSPS) is 10.9. The van der Waals surface area contributed by atoms with Gasteiger partial charge in [0.2, 0.25) is 0 Å². The van der Waals surface area contributed by atoms with Crippen LogP contribution in [0.15, 0.2) is 29.3 Å². The van der Waals surface area contributed by atoms with Gasteiger partial charge >= 0.3 is 0 Å². The Balaban J connectivity index is 0.00000400. The molecule has 0 radical (unpaired) electrons. The maximum atomic E-state index is 5.48.